The van der Waals surface area contributed by atoms with E-state index in [4.69, 9.17) is 0 Å². The van der Waals surface area contributed by atoms with Crippen molar-refractivity contribution in [2.24, 2.45) is 0 Å². The molecule has 10 aromatic carbocycles. The van der Waals surface area contributed by atoms with Gasteiger partial charge in [-0.2, -0.15) is 0 Å². The SMILES string of the molecule is Cc1cc(-c2cc3ccccc3cc2-c2c3ccccc3c(-c3ccc4ccccc4c3)c3ccc(-c4ccc5ccccc5c4)cc23)cc(C)c1C. The predicted molar refractivity (Wildman–Crippen MR) is 230 cm³/mol. The maximum absolute atomic E-state index is 2.45. The molecule has 0 fully saturated rings. The number of aryl methyl sites for hydroxylation is 2. The minimum absolute atomic E-state index is 1.22. The van der Waals surface area contributed by atoms with Crippen molar-refractivity contribution in [3.05, 3.63) is 193 Å². The lowest BCUT2D eigenvalue weighted by molar-refractivity contribution is 1.27. The van der Waals surface area contributed by atoms with Crippen LogP contribution in [0.25, 0.3) is 98.4 Å². The van der Waals surface area contributed by atoms with Crippen LogP contribution in [-0.4, -0.2) is 0 Å². The van der Waals surface area contributed by atoms with Gasteiger partial charge < -0.3 is 0 Å². The van der Waals surface area contributed by atoms with E-state index in [1.807, 2.05) is 0 Å². The minimum Gasteiger partial charge on any atom is -0.0616 e. The number of rotatable bonds is 4. The monoisotopic (exact) mass is 674 g/mol. The largest absolute Gasteiger partial charge is 0.0616 e. The fourth-order valence-corrected chi connectivity index (χ4v) is 8.55. The van der Waals surface area contributed by atoms with Crippen LogP contribution >= 0.6 is 0 Å². The molecule has 0 amide bonds. The van der Waals surface area contributed by atoms with Crippen LogP contribution in [0.2, 0.25) is 0 Å². The van der Waals surface area contributed by atoms with E-state index in [1.54, 1.807) is 0 Å². The van der Waals surface area contributed by atoms with Crippen molar-refractivity contribution < 1.29 is 0 Å². The van der Waals surface area contributed by atoms with Crippen LogP contribution in [0.1, 0.15) is 16.7 Å². The molecule has 10 aromatic rings. The van der Waals surface area contributed by atoms with Crippen LogP contribution in [-0.2, 0) is 0 Å². The maximum Gasteiger partial charge on any atom is -0.00197 e. The molecule has 0 unspecified atom stereocenters. The van der Waals surface area contributed by atoms with Gasteiger partial charge in [0.05, 0.1) is 0 Å². The van der Waals surface area contributed by atoms with Crippen LogP contribution < -0.4 is 0 Å². The van der Waals surface area contributed by atoms with Gasteiger partial charge in [-0.05, 0) is 166 Å². The molecule has 0 saturated heterocycles. The van der Waals surface area contributed by atoms with Gasteiger partial charge in [-0.3, -0.25) is 0 Å². The molecule has 0 bridgehead atoms. The summed E-state index contributed by atoms with van der Waals surface area (Å²) < 4.78 is 0. The van der Waals surface area contributed by atoms with Crippen molar-refractivity contribution in [1.82, 2.24) is 0 Å². The second-order valence-electron chi connectivity index (χ2n) is 14.7. The normalized spacial score (nSPS) is 11.7. The highest BCUT2D eigenvalue weighted by Gasteiger charge is 2.21. The van der Waals surface area contributed by atoms with E-state index in [-0.39, 0.29) is 0 Å². The summed E-state index contributed by atoms with van der Waals surface area (Å²) >= 11 is 0. The molecule has 53 heavy (non-hydrogen) atoms. The zero-order valence-corrected chi connectivity index (χ0v) is 30.2. The minimum atomic E-state index is 1.22. The second-order valence-corrected chi connectivity index (χ2v) is 14.7. The van der Waals surface area contributed by atoms with Crippen LogP contribution in [0.5, 0.6) is 0 Å². The molecule has 0 aliphatic rings. The average Bonchev–Trinajstić information content (AvgIpc) is 3.20. The van der Waals surface area contributed by atoms with E-state index >= 15 is 0 Å². The van der Waals surface area contributed by atoms with Crippen LogP contribution in [0.3, 0.4) is 0 Å². The fraction of sp³-hybridized carbons (Fsp3) is 0.0566. The van der Waals surface area contributed by atoms with E-state index in [0.29, 0.717) is 0 Å². The highest BCUT2D eigenvalue weighted by atomic mass is 14.2. The number of hydrogen-bond acceptors (Lipinski definition) is 0. The van der Waals surface area contributed by atoms with E-state index in [0.717, 1.165) is 0 Å². The third-order valence-corrected chi connectivity index (χ3v) is 11.5. The van der Waals surface area contributed by atoms with Gasteiger partial charge in [-0.25, -0.2) is 0 Å². The maximum atomic E-state index is 2.45. The Morgan fingerprint density at radius 2 is 0.698 bits per heavy atom. The van der Waals surface area contributed by atoms with Crippen molar-refractivity contribution in [3.8, 4) is 44.5 Å². The first-order chi connectivity index (χ1) is 26.0. The Morgan fingerprint density at radius 3 is 1.32 bits per heavy atom. The van der Waals surface area contributed by atoms with Gasteiger partial charge in [0.2, 0.25) is 0 Å². The molecular weight excluding hydrogens is 637 g/mol. The lowest BCUT2D eigenvalue weighted by atomic mass is 9.81. The van der Waals surface area contributed by atoms with Crippen LogP contribution in [0, 0.1) is 20.8 Å². The molecule has 0 heteroatoms. The first-order valence-electron chi connectivity index (χ1n) is 18.6. The van der Waals surface area contributed by atoms with Crippen molar-refractivity contribution in [1.29, 1.82) is 0 Å². The average molecular weight is 675 g/mol. The Balaban J connectivity index is 1.36. The number of fused-ring (bicyclic) bond motifs is 5. The molecule has 0 radical (unpaired) electrons. The zero-order valence-electron chi connectivity index (χ0n) is 30.2. The standard InChI is InChI=1S/C53H38/c1-33-26-45(27-34(2)35(33)3)49-30-40-16-8-9-17-41(40)31-51(49)53-47-19-11-10-18-46(47)52(44-23-21-37-13-5-7-15-39(37)29-44)48-25-24-43(32-50(48)53)42-22-20-36-12-4-6-14-38(36)28-42/h4-32H,1-3H3. The number of benzene rings is 10. The molecule has 0 aliphatic carbocycles. The highest BCUT2D eigenvalue weighted by molar-refractivity contribution is 6.24. The predicted octanol–water partition coefficient (Wildman–Crippen LogP) is 15.0. The molecule has 250 valence electrons. The fourth-order valence-electron chi connectivity index (χ4n) is 8.55. The Bertz CT molecular complexity index is 3060. The quantitative estimate of drug-likeness (QED) is 0.163. The van der Waals surface area contributed by atoms with E-state index < -0.39 is 0 Å². The molecule has 0 heterocycles. The topological polar surface area (TPSA) is 0 Å². The Hall–Kier alpha value is -6.50. The number of hydrogen-bond donors (Lipinski definition) is 0. The second kappa shape index (κ2) is 12.3. The highest BCUT2D eigenvalue weighted by Crippen LogP contribution is 2.48. The Labute approximate surface area is 310 Å². The molecular formula is C53H38. The summed E-state index contributed by atoms with van der Waals surface area (Å²) in [5.74, 6) is 0. The first-order valence-corrected chi connectivity index (χ1v) is 18.6. The van der Waals surface area contributed by atoms with Gasteiger partial charge in [0, 0.05) is 0 Å². The first kappa shape index (κ1) is 31.3. The molecule has 0 saturated carbocycles. The van der Waals surface area contributed by atoms with E-state index in [1.165, 1.54) is 115 Å². The van der Waals surface area contributed by atoms with Gasteiger partial charge in [-0.1, -0.05) is 146 Å². The molecule has 0 nitrogen and oxygen atoms in total. The van der Waals surface area contributed by atoms with Crippen molar-refractivity contribution >= 4 is 53.9 Å². The van der Waals surface area contributed by atoms with Gasteiger partial charge in [-0.15, -0.1) is 0 Å². The smallest absolute Gasteiger partial charge is 0.00197 e. The summed E-state index contributed by atoms with van der Waals surface area (Å²) in [6.45, 7) is 6.72. The molecule has 0 spiro atoms. The lowest BCUT2D eigenvalue weighted by Gasteiger charge is -2.22. The summed E-state index contributed by atoms with van der Waals surface area (Å²) in [5.41, 5.74) is 14.0. The van der Waals surface area contributed by atoms with Crippen molar-refractivity contribution in [2.75, 3.05) is 0 Å². The third-order valence-electron chi connectivity index (χ3n) is 11.5. The third kappa shape index (κ3) is 5.21. The zero-order chi connectivity index (χ0) is 35.6. The van der Waals surface area contributed by atoms with Gasteiger partial charge in [0.1, 0.15) is 0 Å². The molecule has 0 N–H and O–H groups in total. The Kier molecular flexibility index (Phi) is 7.27. The van der Waals surface area contributed by atoms with Gasteiger partial charge >= 0.3 is 0 Å². The van der Waals surface area contributed by atoms with E-state index in [9.17, 15) is 0 Å². The summed E-state index contributed by atoms with van der Waals surface area (Å²) in [6.07, 6.45) is 0. The molecule has 0 atom stereocenters. The lowest BCUT2D eigenvalue weighted by Crippen LogP contribution is -1.95. The summed E-state index contributed by atoms with van der Waals surface area (Å²) in [5, 5.41) is 12.5. The molecule has 0 aromatic heterocycles. The van der Waals surface area contributed by atoms with Crippen molar-refractivity contribution in [2.45, 2.75) is 20.8 Å². The van der Waals surface area contributed by atoms with E-state index in [2.05, 4.69) is 197 Å². The Morgan fingerprint density at radius 1 is 0.264 bits per heavy atom. The molecule has 0 aliphatic heterocycles. The van der Waals surface area contributed by atoms with Crippen LogP contribution in [0.4, 0.5) is 0 Å². The summed E-state index contributed by atoms with van der Waals surface area (Å²) in [6, 6.07) is 65.7. The van der Waals surface area contributed by atoms with Gasteiger partial charge in [0.25, 0.3) is 0 Å². The molecule has 10 rings (SSSR count). The summed E-state index contributed by atoms with van der Waals surface area (Å²) in [7, 11) is 0. The van der Waals surface area contributed by atoms with Crippen LogP contribution in [0.15, 0.2) is 176 Å². The summed E-state index contributed by atoms with van der Waals surface area (Å²) in [4.78, 5) is 0. The van der Waals surface area contributed by atoms with Crippen molar-refractivity contribution in [3.63, 3.8) is 0 Å². The van der Waals surface area contributed by atoms with Gasteiger partial charge in [0.15, 0.2) is 0 Å².